The average Bonchev–Trinajstić information content (AvgIpc) is 2.29. The Balaban J connectivity index is 2.31. The molecule has 3 nitrogen and oxygen atoms in total. The third kappa shape index (κ3) is 2.14. The van der Waals surface area contributed by atoms with Crippen molar-refractivity contribution in [3.8, 4) is 0 Å². The first-order chi connectivity index (χ1) is 7.66. The Labute approximate surface area is 95.1 Å². The number of hydrogen-bond acceptors (Lipinski definition) is 3. The fourth-order valence-corrected chi connectivity index (χ4v) is 1.71. The van der Waals surface area contributed by atoms with Gasteiger partial charge < -0.3 is 11.5 Å². The van der Waals surface area contributed by atoms with Gasteiger partial charge in [0.05, 0.1) is 0 Å². The van der Waals surface area contributed by atoms with Crippen molar-refractivity contribution < 1.29 is 0 Å². The molecule has 2 rings (SSSR count). The highest BCUT2D eigenvalue weighted by atomic mass is 14.8. The Morgan fingerprint density at radius 3 is 2.31 bits per heavy atom. The first kappa shape index (κ1) is 10.5. The maximum atomic E-state index is 5.67. The number of anilines is 2. The molecule has 3 heteroatoms. The monoisotopic (exact) mass is 213 g/mol. The minimum atomic E-state index is 0.297. The molecule has 16 heavy (non-hydrogen) atoms. The number of hydrogen-bond donors (Lipinski definition) is 2. The summed E-state index contributed by atoms with van der Waals surface area (Å²) in [6.07, 6.45) is 1.73. The molecule has 4 N–H and O–H groups in total. The number of aromatic nitrogens is 1. The minimum Gasteiger partial charge on any atom is -0.399 e. The summed E-state index contributed by atoms with van der Waals surface area (Å²) >= 11 is 0. The van der Waals surface area contributed by atoms with Gasteiger partial charge in [-0.3, -0.25) is 0 Å². The molecule has 1 atom stereocenters. The Bertz CT molecular complexity index is 477. The molecule has 0 fully saturated rings. The molecule has 1 heterocycles. The van der Waals surface area contributed by atoms with Crippen LogP contribution in [0.5, 0.6) is 0 Å². The van der Waals surface area contributed by atoms with E-state index in [0.29, 0.717) is 11.7 Å². The Kier molecular flexibility index (Phi) is 2.77. The van der Waals surface area contributed by atoms with E-state index in [0.717, 1.165) is 11.3 Å². The summed E-state index contributed by atoms with van der Waals surface area (Å²) in [5.74, 6) is 0.852. The number of nitrogens with zero attached hydrogens (tertiary/aromatic N) is 1. The normalized spacial score (nSPS) is 12.3. The van der Waals surface area contributed by atoms with E-state index in [1.54, 1.807) is 6.20 Å². The van der Waals surface area contributed by atoms with Crippen LogP contribution in [-0.4, -0.2) is 4.98 Å². The van der Waals surface area contributed by atoms with E-state index < -0.39 is 0 Å². The van der Waals surface area contributed by atoms with Gasteiger partial charge in [-0.1, -0.05) is 19.1 Å². The van der Waals surface area contributed by atoms with Crippen molar-refractivity contribution >= 4 is 11.5 Å². The summed E-state index contributed by atoms with van der Waals surface area (Å²) in [6, 6.07) is 11.8. The van der Waals surface area contributed by atoms with E-state index in [2.05, 4.69) is 11.9 Å². The highest BCUT2D eigenvalue weighted by Crippen LogP contribution is 2.25. The Morgan fingerprint density at radius 2 is 1.69 bits per heavy atom. The van der Waals surface area contributed by atoms with E-state index in [1.807, 2.05) is 36.4 Å². The average molecular weight is 213 g/mol. The van der Waals surface area contributed by atoms with Gasteiger partial charge in [-0.05, 0) is 35.4 Å². The Hall–Kier alpha value is -2.03. The van der Waals surface area contributed by atoms with Gasteiger partial charge in [0.2, 0.25) is 0 Å². The summed E-state index contributed by atoms with van der Waals surface area (Å²) in [5.41, 5.74) is 14.5. The van der Waals surface area contributed by atoms with Gasteiger partial charge in [-0.25, -0.2) is 4.98 Å². The van der Waals surface area contributed by atoms with Gasteiger partial charge in [0.1, 0.15) is 5.82 Å². The van der Waals surface area contributed by atoms with Crippen molar-refractivity contribution in [3.05, 3.63) is 53.7 Å². The zero-order valence-electron chi connectivity index (χ0n) is 9.22. The van der Waals surface area contributed by atoms with Gasteiger partial charge in [0.15, 0.2) is 0 Å². The van der Waals surface area contributed by atoms with Gasteiger partial charge in [-0.2, -0.15) is 0 Å². The van der Waals surface area contributed by atoms with E-state index in [9.17, 15) is 0 Å². The van der Waals surface area contributed by atoms with Crippen molar-refractivity contribution in [2.24, 2.45) is 0 Å². The summed E-state index contributed by atoms with van der Waals surface area (Å²) in [5, 5.41) is 0. The third-order valence-corrected chi connectivity index (χ3v) is 2.74. The second-order valence-corrected chi connectivity index (χ2v) is 3.90. The summed E-state index contributed by atoms with van der Waals surface area (Å²) in [7, 11) is 0. The largest absolute Gasteiger partial charge is 0.399 e. The smallest absolute Gasteiger partial charge is 0.123 e. The molecule has 1 aromatic heterocycles. The number of benzene rings is 1. The summed E-state index contributed by atoms with van der Waals surface area (Å²) in [6.45, 7) is 2.14. The lowest BCUT2D eigenvalue weighted by molar-refractivity contribution is 0.919. The number of pyridine rings is 1. The molecule has 1 unspecified atom stereocenters. The highest BCUT2D eigenvalue weighted by Gasteiger charge is 2.08. The second kappa shape index (κ2) is 4.23. The van der Waals surface area contributed by atoms with Gasteiger partial charge in [0.25, 0.3) is 0 Å². The molecular weight excluding hydrogens is 198 g/mol. The maximum absolute atomic E-state index is 5.67. The van der Waals surface area contributed by atoms with Crippen molar-refractivity contribution in [3.63, 3.8) is 0 Å². The van der Waals surface area contributed by atoms with Crippen molar-refractivity contribution in [2.45, 2.75) is 12.8 Å². The van der Waals surface area contributed by atoms with Crippen LogP contribution in [0.3, 0.4) is 0 Å². The third-order valence-electron chi connectivity index (χ3n) is 2.74. The lowest BCUT2D eigenvalue weighted by atomic mass is 9.94. The fourth-order valence-electron chi connectivity index (χ4n) is 1.71. The van der Waals surface area contributed by atoms with Crippen molar-refractivity contribution in [1.82, 2.24) is 4.98 Å². The number of nitrogen functional groups attached to an aromatic ring is 2. The molecule has 0 saturated carbocycles. The number of nitrogens with two attached hydrogens (primary N) is 2. The van der Waals surface area contributed by atoms with Crippen molar-refractivity contribution in [1.29, 1.82) is 0 Å². The van der Waals surface area contributed by atoms with Gasteiger partial charge in [0, 0.05) is 17.8 Å². The highest BCUT2D eigenvalue weighted by molar-refractivity contribution is 5.43. The van der Waals surface area contributed by atoms with Crippen LogP contribution in [0.15, 0.2) is 42.6 Å². The predicted molar refractivity (Wildman–Crippen MR) is 67.0 cm³/mol. The topological polar surface area (TPSA) is 64.9 Å². The molecule has 0 aliphatic carbocycles. The first-order valence-corrected chi connectivity index (χ1v) is 5.23. The van der Waals surface area contributed by atoms with Crippen LogP contribution in [-0.2, 0) is 0 Å². The lowest BCUT2D eigenvalue weighted by Gasteiger charge is -2.12. The van der Waals surface area contributed by atoms with E-state index >= 15 is 0 Å². The van der Waals surface area contributed by atoms with Gasteiger partial charge >= 0.3 is 0 Å². The van der Waals surface area contributed by atoms with Crippen LogP contribution in [0.1, 0.15) is 24.0 Å². The quantitative estimate of drug-likeness (QED) is 0.753. The molecule has 0 radical (unpaired) electrons. The van der Waals surface area contributed by atoms with Crippen LogP contribution >= 0.6 is 0 Å². The zero-order chi connectivity index (χ0) is 11.5. The molecule has 0 aliphatic rings. The van der Waals surface area contributed by atoms with Crippen LogP contribution in [0.2, 0.25) is 0 Å². The molecular formula is C13H15N3. The lowest BCUT2D eigenvalue weighted by Crippen LogP contribution is -1.99. The predicted octanol–water partition coefficient (Wildman–Crippen LogP) is 2.40. The number of rotatable bonds is 2. The van der Waals surface area contributed by atoms with Crippen LogP contribution in [0.4, 0.5) is 11.5 Å². The van der Waals surface area contributed by atoms with E-state index in [1.165, 1.54) is 5.56 Å². The second-order valence-electron chi connectivity index (χ2n) is 3.90. The van der Waals surface area contributed by atoms with Gasteiger partial charge in [-0.15, -0.1) is 0 Å². The van der Waals surface area contributed by atoms with E-state index in [-0.39, 0.29) is 0 Å². The Morgan fingerprint density at radius 1 is 1.00 bits per heavy atom. The SMILES string of the molecule is CC(c1ccc(N)cc1)c1ccnc(N)c1. The molecule has 0 amide bonds. The standard InChI is InChI=1S/C13H15N3/c1-9(10-2-4-12(14)5-3-10)11-6-7-16-13(15)8-11/h2-9H,14H2,1H3,(H2,15,16). The molecule has 0 saturated heterocycles. The zero-order valence-corrected chi connectivity index (χ0v) is 9.22. The molecule has 82 valence electrons. The molecule has 1 aromatic carbocycles. The van der Waals surface area contributed by atoms with Crippen LogP contribution in [0.25, 0.3) is 0 Å². The molecule has 0 bridgehead atoms. The molecule has 0 aliphatic heterocycles. The first-order valence-electron chi connectivity index (χ1n) is 5.23. The summed E-state index contributed by atoms with van der Waals surface area (Å²) < 4.78 is 0. The van der Waals surface area contributed by atoms with Crippen molar-refractivity contribution in [2.75, 3.05) is 11.5 Å². The fraction of sp³-hybridized carbons (Fsp3) is 0.154. The summed E-state index contributed by atoms with van der Waals surface area (Å²) in [4.78, 5) is 3.99. The van der Waals surface area contributed by atoms with E-state index in [4.69, 9.17) is 11.5 Å². The van der Waals surface area contributed by atoms with Crippen LogP contribution in [0, 0.1) is 0 Å². The molecule has 2 aromatic rings. The molecule has 0 spiro atoms. The maximum Gasteiger partial charge on any atom is 0.123 e. The minimum absolute atomic E-state index is 0.297. The van der Waals surface area contributed by atoms with Crippen LogP contribution < -0.4 is 11.5 Å².